The maximum Gasteiger partial charge on any atom is 0.253 e. The molecule has 0 aromatic heterocycles. The molecule has 5 heteroatoms. The molecular formula is C20H21FN2O2. The number of aliphatic hydroxyl groups excluding tert-OH is 1. The minimum Gasteiger partial charge on any atom is -0.396 e. The molecule has 0 spiro atoms. The van der Waals surface area contributed by atoms with Crippen molar-refractivity contribution in [1.82, 2.24) is 4.90 Å². The first-order chi connectivity index (χ1) is 12.1. The Labute approximate surface area is 147 Å². The smallest absolute Gasteiger partial charge is 0.253 e. The van der Waals surface area contributed by atoms with Gasteiger partial charge in [-0.25, -0.2) is 4.39 Å². The van der Waals surface area contributed by atoms with Gasteiger partial charge in [0.1, 0.15) is 11.9 Å². The fraction of sp³-hybridized carbons (Fsp3) is 0.300. The van der Waals surface area contributed by atoms with Crippen molar-refractivity contribution in [3.05, 3.63) is 59.4 Å². The quantitative estimate of drug-likeness (QED) is 0.783. The second kappa shape index (κ2) is 8.95. The molecule has 1 amide bonds. The second-order valence-electron chi connectivity index (χ2n) is 5.70. The predicted octanol–water partition coefficient (Wildman–Crippen LogP) is 3.60. The van der Waals surface area contributed by atoms with Gasteiger partial charge in [-0.1, -0.05) is 18.2 Å². The van der Waals surface area contributed by atoms with E-state index in [1.165, 1.54) is 12.1 Å². The second-order valence-corrected chi connectivity index (χ2v) is 5.70. The number of unbranched alkanes of at least 4 members (excludes halogenated alkanes) is 1. The highest BCUT2D eigenvalue weighted by atomic mass is 19.1. The number of halogens is 1. The molecule has 130 valence electrons. The fourth-order valence-corrected chi connectivity index (χ4v) is 2.60. The summed E-state index contributed by atoms with van der Waals surface area (Å²) in [5, 5.41) is 17.8. The number of nitrogens with zero attached hydrogens (tertiary/aromatic N) is 2. The Morgan fingerprint density at radius 2 is 1.84 bits per heavy atom. The molecule has 0 unspecified atom stereocenters. The summed E-state index contributed by atoms with van der Waals surface area (Å²) in [5.74, 6) is -0.594. The summed E-state index contributed by atoms with van der Waals surface area (Å²) in [7, 11) is 0. The summed E-state index contributed by atoms with van der Waals surface area (Å²) in [6.07, 6.45) is 1.44. The van der Waals surface area contributed by atoms with Crippen molar-refractivity contribution < 1.29 is 14.3 Å². The van der Waals surface area contributed by atoms with E-state index >= 15 is 0 Å². The van der Waals surface area contributed by atoms with E-state index in [1.807, 2.05) is 13.0 Å². The predicted molar refractivity (Wildman–Crippen MR) is 94.4 cm³/mol. The first kappa shape index (κ1) is 18.6. The maximum absolute atomic E-state index is 13.4. The van der Waals surface area contributed by atoms with Crippen LogP contribution in [0.2, 0.25) is 0 Å². The van der Waals surface area contributed by atoms with Gasteiger partial charge in [0.05, 0.1) is 5.56 Å². The zero-order valence-corrected chi connectivity index (χ0v) is 14.2. The zero-order chi connectivity index (χ0) is 18.2. The Kier molecular flexibility index (Phi) is 6.67. The SMILES string of the molecule is CCN(CCCCO)C(=O)c1ccc(-c2ccc(F)c(C#N)c2)cc1. The third kappa shape index (κ3) is 4.65. The van der Waals surface area contributed by atoms with Gasteiger partial charge in [-0.05, 0) is 55.2 Å². The average molecular weight is 340 g/mol. The van der Waals surface area contributed by atoms with Crippen LogP contribution in [-0.4, -0.2) is 35.6 Å². The van der Waals surface area contributed by atoms with Gasteiger partial charge in [-0.2, -0.15) is 5.26 Å². The van der Waals surface area contributed by atoms with E-state index < -0.39 is 5.82 Å². The van der Waals surface area contributed by atoms with Gasteiger partial charge in [0, 0.05) is 25.3 Å². The van der Waals surface area contributed by atoms with E-state index in [0.717, 1.165) is 17.5 Å². The van der Waals surface area contributed by atoms with Crippen molar-refractivity contribution in [2.24, 2.45) is 0 Å². The van der Waals surface area contributed by atoms with Crippen molar-refractivity contribution in [3.63, 3.8) is 0 Å². The van der Waals surface area contributed by atoms with Crippen LogP contribution < -0.4 is 0 Å². The molecule has 0 aliphatic heterocycles. The van der Waals surface area contributed by atoms with Crippen LogP contribution >= 0.6 is 0 Å². The largest absolute Gasteiger partial charge is 0.396 e. The molecule has 0 aliphatic carbocycles. The molecule has 0 aliphatic rings. The molecule has 2 aromatic carbocycles. The highest BCUT2D eigenvalue weighted by molar-refractivity contribution is 5.94. The van der Waals surface area contributed by atoms with Crippen LogP contribution in [0.1, 0.15) is 35.7 Å². The molecule has 0 bridgehead atoms. The van der Waals surface area contributed by atoms with Crippen LogP contribution in [0.3, 0.4) is 0 Å². The van der Waals surface area contributed by atoms with Gasteiger partial charge in [-0.3, -0.25) is 4.79 Å². The lowest BCUT2D eigenvalue weighted by atomic mass is 10.0. The van der Waals surface area contributed by atoms with Crippen molar-refractivity contribution >= 4 is 5.91 Å². The molecule has 2 rings (SSSR count). The van der Waals surface area contributed by atoms with Crippen LogP contribution in [-0.2, 0) is 0 Å². The summed E-state index contributed by atoms with van der Waals surface area (Å²) in [6.45, 7) is 3.27. The molecular weight excluding hydrogens is 319 g/mol. The highest BCUT2D eigenvalue weighted by Gasteiger charge is 2.14. The average Bonchev–Trinajstić information content (AvgIpc) is 2.65. The van der Waals surface area contributed by atoms with Crippen LogP contribution in [0.4, 0.5) is 4.39 Å². The first-order valence-corrected chi connectivity index (χ1v) is 8.31. The Morgan fingerprint density at radius 1 is 1.16 bits per heavy atom. The number of aliphatic hydroxyl groups is 1. The molecule has 25 heavy (non-hydrogen) atoms. The lowest BCUT2D eigenvalue weighted by Gasteiger charge is -2.21. The minimum absolute atomic E-state index is 0.00121. The zero-order valence-electron chi connectivity index (χ0n) is 14.2. The Bertz CT molecular complexity index is 766. The molecule has 1 N–H and O–H groups in total. The van der Waals surface area contributed by atoms with Gasteiger partial charge in [0.2, 0.25) is 0 Å². The van der Waals surface area contributed by atoms with Gasteiger partial charge in [0.15, 0.2) is 0 Å². The third-order valence-electron chi connectivity index (χ3n) is 4.06. The minimum atomic E-state index is -0.542. The van der Waals surface area contributed by atoms with Gasteiger partial charge in [0.25, 0.3) is 5.91 Å². The summed E-state index contributed by atoms with van der Waals surface area (Å²) in [4.78, 5) is 14.3. The van der Waals surface area contributed by atoms with Crippen molar-refractivity contribution in [2.75, 3.05) is 19.7 Å². The van der Waals surface area contributed by atoms with E-state index in [2.05, 4.69) is 0 Å². The topological polar surface area (TPSA) is 64.3 Å². The van der Waals surface area contributed by atoms with Crippen molar-refractivity contribution in [3.8, 4) is 17.2 Å². The number of carbonyl (C=O) groups excluding carboxylic acids is 1. The van der Waals surface area contributed by atoms with E-state index in [-0.39, 0.29) is 18.1 Å². The Balaban J connectivity index is 2.16. The van der Waals surface area contributed by atoms with Gasteiger partial charge in [-0.15, -0.1) is 0 Å². The molecule has 0 saturated carbocycles. The van der Waals surface area contributed by atoms with Crippen LogP contribution in [0.5, 0.6) is 0 Å². The van der Waals surface area contributed by atoms with E-state index in [0.29, 0.717) is 25.1 Å². The summed E-state index contributed by atoms with van der Waals surface area (Å²) >= 11 is 0. The van der Waals surface area contributed by atoms with Gasteiger partial charge >= 0.3 is 0 Å². The number of carbonyl (C=O) groups is 1. The Hall–Kier alpha value is -2.71. The fourth-order valence-electron chi connectivity index (χ4n) is 2.60. The van der Waals surface area contributed by atoms with Crippen molar-refractivity contribution in [2.45, 2.75) is 19.8 Å². The number of amides is 1. The normalized spacial score (nSPS) is 10.3. The number of benzene rings is 2. The molecule has 0 heterocycles. The summed E-state index contributed by atoms with van der Waals surface area (Å²) in [6, 6.07) is 13.3. The van der Waals surface area contributed by atoms with Crippen molar-refractivity contribution in [1.29, 1.82) is 5.26 Å². The van der Waals surface area contributed by atoms with Crippen LogP contribution in [0, 0.1) is 17.1 Å². The lowest BCUT2D eigenvalue weighted by Crippen LogP contribution is -2.31. The summed E-state index contributed by atoms with van der Waals surface area (Å²) in [5.41, 5.74) is 2.12. The van der Waals surface area contributed by atoms with E-state index in [4.69, 9.17) is 10.4 Å². The molecule has 4 nitrogen and oxygen atoms in total. The Morgan fingerprint density at radius 3 is 2.44 bits per heavy atom. The molecule has 0 fully saturated rings. The van der Waals surface area contributed by atoms with Crippen LogP contribution in [0.15, 0.2) is 42.5 Å². The third-order valence-corrected chi connectivity index (χ3v) is 4.06. The van der Waals surface area contributed by atoms with Crippen LogP contribution in [0.25, 0.3) is 11.1 Å². The first-order valence-electron chi connectivity index (χ1n) is 8.31. The molecule has 0 radical (unpaired) electrons. The number of nitriles is 1. The molecule has 0 saturated heterocycles. The van der Waals surface area contributed by atoms with E-state index in [1.54, 1.807) is 35.2 Å². The number of hydrogen-bond acceptors (Lipinski definition) is 3. The lowest BCUT2D eigenvalue weighted by molar-refractivity contribution is 0.0759. The highest BCUT2D eigenvalue weighted by Crippen LogP contribution is 2.23. The molecule has 2 aromatic rings. The van der Waals surface area contributed by atoms with E-state index in [9.17, 15) is 9.18 Å². The summed E-state index contributed by atoms with van der Waals surface area (Å²) < 4.78 is 13.4. The monoisotopic (exact) mass is 340 g/mol. The molecule has 0 atom stereocenters. The number of rotatable bonds is 7. The standard InChI is InChI=1S/C20H21FN2O2/c1-2-23(11-3-4-12-24)20(25)16-7-5-15(6-8-16)17-9-10-19(21)18(13-17)14-22/h5-10,13,24H,2-4,11-12H2,1H3. The van der Waals surface area contributed by atoms with Gasteiger partial charge < -0.3 is 10.0 Å². The number of hydrogen-bond donors (Lipinski definition) is 1. The maximum atomic E-state index is 13.4.